The van der Waals surface area contributed by atoms with E-state index in [1.807, 2.05) is 54.1 Å². The minimum atomic E-state index is -3.92. The zero-order chi connectivity index (χ0) is 22.0. The number of hydrogen-bond donors (Lipinski definition) is 1. The summed E-state index contributed by atoms with van der Waals surface area (Å²) in [6, 6.07) is 24.3. The predicted molar refractivity (Wildman–Crippen MR) is 124 cm³/mol. The number of primary sulfonamides is 1. The lowest BCUT2D eigenvalue weighted by molar-refractivity contribution is 0.596. The van der Waals surface area contributed by atoms with Crippen LogP contribution in [-0.2, 0) is 23.0 Å². The van der Waals surface area contributed by atoms with Gasteiger partial charge >= 0.3 is 0 Å². The second-order valence-corrected chi connectivity index (χ2v) is 9.28. The molecule has 5 nitrogen and oxygen atoms in total. The maximum Gasteiger partial charge on any atom is 0.238 e. The highest BCUT2D eigenvalue weighted by Crippen LogP contribution is 2.37. The second-order valence-electron chi connectivity index (χ2n) is 7.32. The molecule has 0 atom stereocenters. The van der Waals surface area contributed by atoms with Crippen LogP contribution in [0.4, 0.5) is 0 Å². The van der Waals surface area contributed by atoms with E-state index in [2.05, 4.69) is 12.1 Å². The summed E-state index contributed by atoms with van der Waals surface area (Å²) < 4.78 is 26.4. The number of hydrogen-bond acceptors (Lipinski definition) is 3. The van der Waals surface area contributed by atoms with Crippen molar-refractivity contribution in [1.29, 1.82) is 0 Å². The van der Waals surface area contributed by atoms with Crippen LogP contribution in [0.2, 0.25) is 5.02 Å². The van der Waals surface area contributed by atoms with Gasteiger partial charge in [-0.3, -0.25) is 4.68 Å². The van der Waals surface area contributed by atoms with Gasteiger partial charge in [0.1, 0.15) is 5.69 Å². The number of halogens is 1. The quantitative estimate of drug-likeness (QED) is 0.444. The normalized spacial score (nSPS) is 11.6. The molecule has 0 unspecified atom stereocenters. The van der Waals surface area contributed by atoms with Crippen LogP contribution in [-0.4, -0.2) is 18.2 Å². The number of sulfonamides is 1. The Bertz CT molecular complexity index is 1310. The molecule has 4 aromatic rings. The van der Waals surface area contributed by atoms with E-state index in [-0.39, 0.29) is 4.90 Å². The fourth-order valence-corrected chi connectivity index (χ4v) is 4.57. The van der Waals surface area contributed by atoms with E-state index in [1.165, 1.54) is 11.6 Å². The molecule has 4 rings (SSSR count). The van der Waals surface area contributed by atoms with Crippen LogP contribution in [0, 0.1) is 6.92 Å². The Labute approximate surface area is 187 Å². The van der Waals surface area contributed by atoms with Crippen LogP contribution < -0.4 is 5.14 Å². The number of aromatic nitrogens is 2. The summed E-state index contributed by atoms with van der Waals surface area (Å²) in [6.07, 6.45) is 0.805. The second kappa shape index (κ2) is 8.67. The molecule has 0 bridgehead atoms. The van der Waals surface area contributed by atoms with Crippen LogP contribution in [0.25, 0.3) is 22.4 Å². The zero-order valence-electron chi connectivity index (χ0n) is 17.0. The van der Waals surface area contributed by atoms with Crippen molar-refractivity contribution in [3.05, 3.63) is 95.1 Å². The maximum atomic E-state index is 12.2. The smallest absolute Gasteiger partial charge is 0.238 e. The van der Waals surface area contributed by atoms with Crippen LogP contribution in [0.15, 0.2) is 83.8 Å². The summed E-state index contributed by atoms with van der Waals surface area (Å²) in [4.78, 5) is 0.0536. The van der Waals surface area contributed by atoms with Gasteiger partial charge in [0.05, 0.1) is 4.90 Å². The van der Waals surface area contributed by atoms with E-state index in [9.17, 15) is 8.42 Å². The van der Waals surface area contributed by atoms with Gasteiger partial charge in [0, 0.05) is 28.4 Å². The lowest BCUT2D eigenvalue weighted by atomic mass is 9.99. The van der Waals surface area contributed by atoms with Crippen LogP contribution >= 0.6 is 11.6 Å². The molecular formula is C24H22ClN3O2S. The summed E-state index contributed by atoms with van der Waals surface area (Å²) in [5.74, 6) is 0. The molecule has 0 aliphatic carbocycles. The van der Waals surface area contributed by atoms with E-state index in [0.29, 0.717) is 22.8 Å². The third-order valence-electron chi connectivity index (χ3n) is 5.24. The predicted octanol–water partition coefficient (Wildman–Crippen LogP) is 5.07. The topological polar surface area (TPSA) is 78.0 Å². The van der Waals surface area contributed by atoms with Crippen molar-refractivity contribution in [3.63, 3.8) is 0 Å². The van der Waals surface area contributed by atoms with Crippen molar-refractivity contribution in [2.45, 2.75) is 24.8 Å². The minimum Gasteiger partial charge on any atom is -0.268 e. The van der Waals surface area contributed by atoms with E-state index in [1.54, 1.807) is 18.2 Å². The van der Waals surface area contributed by atoms with Gasteiger partial charge in [-0.1, -0.05) is 72.3 Å². The molecule has 158 valence electrons. The van der Waals surface area contributed by atoms with Gasteiger partial charge in [-0.15, -0.1) is 0 Å². The molecule has 0 aliphatic rings. The third-order valence-corrected chi connectivity index (χ3v) is 6.46. The van der Waals surface area contributed by atoms with Gasteiger partial charge in [0.15, 0.2) is 0 Å². The first-order chi connectivity index (χ1) is 14.8. The minimum absolute atomic E-state index is 0.0536. The van der Waals surface area contributed by atoms with Gasteiger partial charge in [-0.05, 0) is 42.7 Å². The van der Waals surface area contributed by atoms with Crippen LogP contribution in [0.5, 0.6) is 0 Å². The summed E-state index contributed by atoms with van der Waals surface area (Å²) in [5, 5.41) is 11.0. The molecule has 1 heterocycles. The Balaban J connectivity index is 1.87. The van der Waals surface area contributed by atoms with Gasteiger partial charge < -0.3 is 0 Å². The molecule has 0 spiro atoms. The van der Waals surface area contributed by atoms with Gasteiger partial charge in [-0.25, -0.2) is 13.6 Å². The maximum absolute atomic E-state index is 12.2. The van der Waals surface area contributed by atoms with Crippen LogP contribution in [0.3, 0.4) is 0 Å². The summed E-state index contributed by atoms with van der Waals surface area (Å²) >= 11 is 6.09. The van der Waals surface area contributed by atoms with E-state index in [0.717, 1.165) is 23.2 Å². The van der Waals surface area contributed by atoms with Crippen molar-refractivity contribution in [2.24, 2.45) is 5.14 Å². The number of aryl methyl sites for hydroxylation is 2. The molecule has 31 heavy (non-hydrogen) atoms. The highest BCUT2D eigenvalue weighted by Gasteiger charge is 2.23. The fourth-order valence-electron chi connectivity index (χ4n) is 3.70. The molecule has 0 saturated heterocycles. The average Bonchev–Trinajstić information content (AvgIpc) is 3.09. The summed E-state index contributed by atoms with van der Waals surface area (Å²) in [6.45, 7) is 2.65. The van der Waals surface area contributed by atoms with Gasteiger partial charge in [0.25, 0.3) is 0 Å². The summed E-state index contributed by atoms with van der Waals surface area (Å²) in [5.41, 5.74) is 4.98. The Kier molecular flexibility index (Phi) is 5.96. The first-order valence-electron chi connectivity index (χ1n) is 9.84. The molecule has 0 aliphatic heterocycles. The average molecular weight is 452 g/mol. The molecule has 2 N–H and O–H groups in total. The fraction of sp³-hybridized carbons (Fsp3) is 0.125. The van der Waals surface area contributed by atoms with Crippen molar-refractivity contribution >= 4 is 21.6 Å². The Morgan fingerprint density at radius 1 is 0.935 bits per heavy atom. The SMILES string of the molecule is Cc1c(-c2ccc(Cl)cc2)c(-c2ccccc2S(N)(=O)=O)nn1CCc1ccccc1. The van der Waals surface area contributed by atoms with Crippen molar-refractivity contribution in [2.75, 3.05) is 0 Å². The molecule has 0 fully saturated rings. The van der Waals surface area contributed by atoms with Gasteiger partial charge in [-0.2, -0.15) is 5.10 Å². The lowest BCUT2D eigenvalue weighted by Gasteiger charge is -2.08. The molecule has 0 radical (unpaired) electrons. The number of benzene rings is 3. The van der Waals surface area contributed by atoms with Gasteiger partial charge in [0.2, 0.25) is 10.0 Å². The standard InChI is InChI=1S/C24H22ClN3O2S/c1-17-23(19-11-13-20(25)14-12-19)24(21-9-5-6-10-22(21)31(26,29)30)27-28(17)16-15-18-7-3-2-4-8-18/h2-14H,15-16H2,1H3,(H2,26,29,30). The van der Waals surface area contributed by atoms with Crippen molar-refractivity contribution in [1.82, 2.24) is 9.78 Å². The lowest BCUT2D eigenvalue weighted by Crippen LogP contribution is -2.13. The molecule has 0 saturated carbocycles. The first-order valence-corrected chi connectivity index (χ1v) is 11.8. The largest absolute Gasteiger partial charge is 0.268 e. The van der Waals surface area contributed by atoms with E-state index >= 15 is 0 Å². The molecule has 3 aromatic carbocycles. The van der Waals surface area contributed by atoms with Crippen molar-refractivity contribution < 1.29 is 8.42 Å². The molecular weight excluding hydrogens is 430 g/mol. The highest BCUT2D eigenvalue weighted by atomic mass is 35.5. The van der Waals surface area contributed by atoms with Crippen LogP contribution in [0.1, 0.15) is 11.3 Å². The Morgan fingerprint density at radius 3 is 2.26 bits per heavy atom. The zero-order valence-corrected chi connectivity index (χ0v) is 18.6. The molecule has 1 aromatic heterocycles. The monoisotopic (exact) mass is 451 g/mol. The Morgan fingerprint density at radius 2 is 1.58 bits per heavy atom. The van der Waals surface area contributed by atoms with E-state index in [4.69, 9.17) is 21.8 Å². The van der Waals surface area contributed by atoms with Crippen molar-refractivity contribution in [3.8, 4) is 22.4 Å². The molecule has 0 amide bonds. The number of nitrogens with zero attached hydrogens (tertiary/aromatic N) is 2. The van der Waals surface area contributed by atoms with E-state index < -0.39 is 10.0 Å². The Hall–Kier alpha value is -2.93. The third kappa shape index (κ3) is 4.56. The summed E-state index contributed by atoms with van der Waals surface area (Å²) in [7, 11) is -3.92. The highest BCUT2D eigenvalue weighted by molar-refractivity contribution is 7.89. The molecule has 7 heteroatoms. The number of rotatable bonds is 6. The number of nitrogens with two attached hydrogens (primary N) is 1. The first kappa shape index (κ1) is 21.3.